The number of benzene rings is 1. The molecule has 0 fully saturated rings. The quantitative estimate of drug-likeness (QED) is 0.769. The van der Waals surface area contributed by atoms with Crippen molar-refractivity contribution < 1.29 is 9.90 Å². The van der Waals surface area contributed by atoms with Crippen LogP contribution in [0.3, 0.4) is 0 Å². The largest absolute Gasteiger partial charge is 0.508 e. The van der Waals surface area contributed by atoms with Crippen molar-refractivity contribution in [1.82, 2.24) is 10.2 Å². The van der Waals surface area contributed by atoms with Crippen molar-refractivity contribution in [2.75, 3.05) is 26.2 Å². The first kappa shape index (κ1) is 14.5. The lowest BCUT2D eigenvalue weighted by molar-refractivity contribution is -0.120. The van der Waals surface area contributed by atoms with Gasteiger partial charge in [-0.2, -0.15) is 0 Å². The van der Waals surface area contributed by atoms with E-state index in [1.54, 1.807) is 18.2 Å². The third-order valence-corrected chi connectivity index (χ3v) is 2.92. The van der Waals surface area contributed by atoms with Crippen LogP contribution < -0.4 is 5.32 Å². The molecule has 0 aliphatic heterocycles. The van der Waals surface area contributed by atoms with E-state index in [1.807, 2.05) is 6.07 Å². The van der Waals surface area contributed by atoms with Crippen LogP contribution in [0, 0.1) is 0 Å². The summed E-state index contributed by atoms with van der Waals surface area (Å²) >= 11 is 0. The van der Waals surface area contributed by atoms with Gasteiger partial charge < -0.3 is 15.3 Å². The van der Waals surface area contributed by atoms with Crippen LogP contribution in [-0.2, 0) is 11.2 Å². The molecule has 0 radical (unpaired) electrons. The zero-order valence-electron chi connectivity index (χ0n) is 11.1. The van der Waals surface area contributed by atoms with Crippen LogP contribution in [0.15, 0.2) is 24.3 Å². The molecule has 1 aromatic carbocycles. The van der Waals surface area contributed by atoms with Gasteiger partial charge in [0, 0.05) is 13.1 Å². The maximum absolute atomic E-state index is 11.7. The predicted molar refractivity (Wildman–Crippen MR) is 72.6 cm³/mol. The number of nitrogens with zero attached hydrogens (tertiary/aromatic N) is 1. The normalized spacial score (nSPS) is 10.6. The number of phenolic OH excluding ortho intramolecular Hbond substituents is 1. The summed E-state index contributed by atoms with van der Waals surface area (Å²) in [6, 6.07) is 6.79. The molecule has 1 amide bonds. The molecule has 0 bridgehead atoms. The van der Waals surface area contributed by atoms with Gasteiger partial charge in [0.1, 0.15) is 5.75 Å². The summed E-state index contributed by atoms with van der Waals surface area (Å²) in [5, 5.41) is 12.2. The molecule has 4 nitrogen and oxygen atoms in total. The van der Waals surface area contributed by atoms with Gasteiger partial charge in [0.05, 0.1) is 6.42 Å². The number of amides is 1. The summed E-state index contributed by atoms with van der Waals surface area (Å²) < 4.78 is 0. The lowest BCUT2D eigenvalue weighted by Crippen LogP contribution is -2.35. The van der Waals surface area contributed by atoms with Gasteiger partial charge in [-0.3, -0.25) is 4.79 Å². The van der Waals surface area contributed by atoms with E-state index in [9.17, 15) is 9.90 Å². The second kappa shape index (κ2) is 7.71. The fourth-order valence-corrected chi connectivity index (χ4v) is 1.81. The zero-order chi connectivity index (χ0) is 13.4. The number of likely N-dealkylation sites (N-methyl/N-ethyl adjacent to an activating group) is 1. The predicted octanol–water partition coefficient (Wildman–Crippen LogP) is 1.39. The number of rotatable bonds is 7. The first-order valence-electron chi connectivity index (χ1n) is 6.42. The standard InChI is InChI=1S/C14H22N2O2/c1-3-16(4-2)9-8-15-14(18)11-12-6-5-7-13(17)10-12/h5-7,10,17H,3-4,8-9,11H2,1-2H3,(H,15,18). The fraction of sp³-hybridized carbons (Fsp3) is 0.500. The van der Waals surface area contributed by atoms with Crippen LogP contribution >= 0.6 is 0 Å². The number of aromatic hydroxyl groups is 1. The van der Waals surface area contributed by atoms with Crippen molar-refractivity contribution in [3.8, 4) is 5.75 Å². The highest BCUT2D eigenvalue weighted by Crippen LogP contribution is 2.10. The smallest absolute Gasteiger partial charge is 0.224 e. The molecule has 0 atom stereocenters. The Balaban J connectivity index is 2.29. The first-order valence-corrected chi connectivity index (χ1v) is 6.42. The van der Waals surface area contributed by atoms with Gasteiger partial charge in [0.15, 0.2) is 0 Å². The highest BCUT2D eigenvalue weighted by Gasteiger charge is 2.04. The Morgan fingerprint density at radius 2 is 2.06 bits per heavy atom. The Labute approximate surface area is 109 Å². The van der Waals surface area contributed by atoms with Crippen LogP contribution in [-0.4, -0.2) is 42.1 Å². The topological polar surface area (TPSA) is 52.6 Å². The summed E-state index contributed by atoms with van der Waals surface area (Å²) in [5.74, 6) is 0.191. The van der Waals surface area contributed by atoms with Crippen molar-refractivity contribution in [3.63, 3.8) is 0 Å². The Morgan fingerprint density at radius 1 is 1.33 bits per heavy atom. The van der Waals surface area contributed by atoms with Gasteiger partial charge in [-0.05, 0) is 30.8 Å². The average Bonchev–Trinajstić information content (AvgIpc) is 2.34. The van der Waals surface area contributed by atoms with Crippen molar-refractivity contribution in [2.24, 2.45) is 0 Å². The third kappa shape index (κ3) is 5.19. The second-order valence-corrected chi connectivity index (χ2v) is 4.22. The van der Waals surface area contributed by atoms with Crippen LogP contribution in [0.25, 0.3) is 0 Å². The molecule has 0 aliphatic rings. The van der Waals surface area contributed by atoms with E-state index in [0.29, 0.717) is 13.0 Å². The fourth-order valence-electron chi connectivity index (χ4n) is 1.81. The minimum atomic E-state index is -0.00671. The third-order valence-electron chi connectivity index (χ3n) is 2.92. The molecule has 0 heterocycles. The number of carbonyl (C=O) groups is 1. The highest BCUT2D eigenvalue weighted by atomic mass is 16.3. The van der Waals surface area contributed by atoms with E-state index in [2.05, 4.69) is 24.1 Å². The minimum absolute atomic E-state index is 0.00671. The monoisotopic (exact) mass is 250 g/mol. The van der Waals surface area contributed by atoms with Crippen LogP contribution in [0.1, 0.15) is 19.4 Å². The number of nitrogens with one attached hydrogen (secondary N) is 1. The van der Waals surface area contributed by atoms with E-state index in [0.717, 1.165) is 25.2 Å². The van der Waals surface area contributed by atoms with E-state index in [4.69, 9.17) is 0 Å². The van der Waals surface area contributed by atoms with E-state index in [-0.39, 0.29) is 11.7 Å². The zero-order valence-corrected chi connectivity index (χ0v) is 11.1. The van der Waals surface area contributed by atoms with Crippen molar-refractivity contribution in [1.29, 1.82) is 0 Å². The van der Waals surface area contributed by atoms with Crippen molar-refractivity contribution >= 4 is 5.91 Å². The second-order valence-electron chi connectivity index (χ2n) is 4.22. The molecule has 0 unspecified atom stereocenters. The maximum Gasteiger partial charge on any atom is 0.224 e. The number of hydrogen-bond acceptors (Lipinski definition) is 3. The maximum atomic E-state index is 11.7. The summed E-state index contributed by atoms with van der Waals surface area (Å²) in [6.07, 6.45) is 0.312. The Morgan fingerprint density at radius 3 is 2.67 bits per heavy atom. The lowest BCUT2D eigenvalue weighted by atomic mass is 10.1. The Bertz CT molecular complexity index is 376. The summed E-state index contributed by atoms with van der Waals surface area (Å²) in [4.78, 5) is 13.9. The van der Waals surface area contributed by atoms with Crippen molar-refractivity contribution in [2.45, 2.75) is 20.3 Å². The lowest BCUT2D eigenvalue weighted by Gasteiger charge is -2.17. The van der Waals surface area contributed by atoms with Gasteiger partial charge >= 0.3 is 0 Å². The van der Waals surface area contributed by atoms with E-state index < -0.39 is 0 Å². The minimum Gasteiger partial charge on any atom is -0.508 e. The van der Waals surface area contributed by atoms with Gasteiger partial charge in [-0.1, -0.05) is 26.0 Å². The Kier molecular flexibility index (Phi) is 6.22. The van der Waals surface area contributed by atoms with Gasteiger partial charge in [-0.25, -0.2) is 0 Å². The van der Waals surface area contributed by atoms with Gasteiger partial charge in [-0.15, -0.1) is 0 Å². The molecule has 100 valence electrons. The number of phenols is 1. The molecular weight excluding hydrogens is 228 g/mol. The number of carbonyl (C=O) groups excluding carboxylic acids is 1. The summed E-state index contributed by atoms with van der Waals surface area (Å²) in [7, 11) is 0. The molecule has 1 rings (SSSR count). The van der Waals surface area contributed by atoms with E-state index >= 15 is 0 Å². The van der Waals surface area contributed by atoms with Crippen LogP contribution in [0.5, 0.6) is 5.75 Å². The molecule has 1 aromatic rings. The Hall–Kier alpha value is -1.55. The van der Waals surface area contributed by atoms with Crippen LogP contribution in [0.4, 0.5) is 0 Å². The number of hydrogen-bond donors (Lipinski definition) is 2. The molecule has 2 N–H and O–H groups in total. The van der Waals surface area contributed by atoms with Crippen molar-refractivity contribution in [3.05, 3.63) is 29.8 Å². The van der Waals surface area contributed by atoms with Gasteiger partial charge in [0.2, 0.25) is 5.91 Å². The van der Waals surface area contributed by atoms with Gasteiger partial charge in [0.25, 0.3) is 0 Å². The molecule has 0 saturated carbocycles. The molecule has 18 heavy (non-hydrogen) atoms. The van der Waals surface area contributed by atoms with E-state index in [1.165, 1.54) is 0 Å². The molecule has 0 saturated heterocycles. The molecule has 0 aromatic heterocycles. The SMILES string of the molecule is CCN(CC)CCNC(=O)Cc1cccc(O)c1. The molecule has 4 heteroatoms. The molecular formula is C14H22N2O2. The first-order chi connectivity index (χ1) is 8.65. The average molecular weight is 250 g/mol. The van der Waals surface area contributed by atoms with Crippen LogP contribution in [0.2, 0.25) is 0 Å². The summed E-state index contributed by atoms with van der Waals surface area (Å²) in [5.41, 5.74) is 0.829. The molecule has 0 spiro atoms. The highest BCUT2D eigenvalue weighted by molar-refractivity contribution is 5.78. The summed E-state index contributed by atoms with van der Waals surface area (Å²) in [6.45, 7) is 7.76. The molecule has 0 aliphatic carbocycles.